The Morgan fingerprint density at radius 1 is 0.917 bits per heavy atom. The van der Waals surface area contributed by atoms with E-state index in [1.165, 1.54) is 11.8 Å². The number of rotatable bonds is 6. The van der Waals surface area contributed by atoms with Crippen molar-refractivity contribution >= 4 is 17.7 Å². The maximum atomic E-state index is 13.4. The number of amides is 1. The Balaban J connectivity index is 1.22. The molecule has 1 amide bonds. The Bertz CT molecular complexity index is 1360. The number of ether oxygens (including phenoxy) is 2. The van der Waals surface area contributed by atoms with Crippen molar-refractivity contribution in [3.8, 4) is 28.6 Å². The summed E-state index contributed by atoms with van der Waals surface area (Å²) in [5.74, 6) is 2.68. The predicted octanol–water partition coefficient (Wildman–Crippen LogP) is 5.16. The fraction of sp³-hybridized carbons (Fsp3) is 0.250. The molecule has 36 heavy (non-hydrogen) atoms. The van der Waals surface area contributed by atoms with E-state index >= 15 is 0 Å². The molecule has 2 aliphatic heterocycles. The van der Waals surface area contributed by atoms with Crippen LogP contribution >= 0.6 is 11.8 Å². The molecule has 8 heteroatoms. The summed E-state index contributed by atoms with van der Waals surface area (Å²) in [6, 6.07) is 26.1. The molecule has 0 radical (unpaired) electrons. The Labute approximate surface area is 214 Å². The SMILES string of the molecule is O=C(CSc1nnc(-c2ccccc2)n1-c1ccccc1)N1CCCC1c1ccc2c(c1)OCCO2. The minimum Gasteiger partial charge on any atom is -0.486 e. The van der Waals surface area contributed by atoms with Crippen LogP contribution in [0.15, 0.2) is 84.0 Å². The first-order valence-corrected chi connectivity index (χ1v) is 13.1. The summed E-state index contributed by atoms with van der Waals surface area (Å²) in [6.07, 6.45) is 1.92. The Hall–Kier alpha value is -3.78. The van der Waals surface area contributed by atoms with E-state index in [1.54, 1.807) is 0 Å². The van der Waals surface area contributed by atoms with E-state index in [4.69, 9.17) is 9.47 Å². The quantitative estimate of drug-likeness (QED) is 0.342. The van der Waals surface area contributed by atoms with Crippen LogP contribution in [0.4, 0.5) is 0 Å². The number of para-hydroxylation sites is 1. The summed E-state index contributed by atoms with van der Waals surface area (Å²) < 4.78 is 13.5. The first kappa shape index (κ1) is 22.7. The van der Waals surface area contributed by atoms with Crippen LogP contribution in [0.3, 0.4) is 0 Å². The number of carbonyl (C=O) groups excluding carboxylic acids is 1. The maximum Gasteiger partial charge on any atom is 0.233 e. The molecule has 4 aromatic rings. The van der Waals surface area contributed by atoms with Crippen molar-refractivity contribution in [1.82, 2.24) is 19.7 Å². The monoisotopic (exact) mass is 498 g/mol. The number of hydrogen-bond acceptors (Lipinski definition) is 6. The van der Waals surface area contributed by atoms with E-state index in [0.717, 1.165) is 53.5 Å². The van der Waals surface area contributed by atoms with Gasteiger partial charge >= 0.3 is 0 Å². The minimum atomic E-state index is 0.0424. The smallest absolute Gasteiger partial charge is 0.233 e. The van der Waals surface area contributed by atoms with Crippen LogP contribution in [0.5, 0.6) is 11.5 Å². The highest BCUT2D eigenvalue weighted by molar-refractivity contribution is 7.99. The Morgan fingerprint density at radius 3 is 2.47 bits per heavy atom. The van der Waals surface area contributed by atoms with Gasteiger partial charge in [0, 0.05) is 17.8 Å². The molecule has 0 N–H and O–H groups in total. The molecule has 3 heterocycles. The average molecular weight is 499 g/mol. The van der Waals surface area contributed by atoms with Gasteiger partial charge in [0.15, 0.2) is 22.5 Å². The lowest BCUT2D eigenvalue weighted by molar-refractivity contribution is -0.129. The third kappa shape index (κ3) is 4.44. The lowest BCUT2D eigenvalue weighted by atomic mass is 10.0. The number of carbonyl (C=O) groups is 1. The van der Waals surface area contributed by atoms with Gasteiger partial charge in [-0.3, -0.25) is 9.36 Å². The van der Waals surface area contributed by atoms with Crippen molar-refractivity contribution in [2.75, 3.05) is 25.5 Å². The van der Waals surface area contributed by atoms with Crippen LogP contribution in [-0.2, 0) is 4.79 Å². The third-order valence-corrected chi connectivity index (χ3v) is 7.44. The topological polar surface area (TPSA) is 69.5 Å². The van der Waals surface area contributed by atoms with Gasteiger partial charge in [-0.05, 0) is 42.7 Å². The van der Waals surface area contributed by atoms with Crippen LogP contribution in [0.25, 0.3) is 17.1 Å². The number of nitrogens with zero attached hydrogens (tertiary/aromatic N) is 4. The van der Waals surface area contributed by atoms with E-state index in [9.17, 15) is 4.79 Å². The van der Waals surface area contributed by atoms with Gasteiger partial charge in [-0.2, -0.15) is 0 Å². The standard InChI is InChI=1S/C28H26N4O3S/c33-26(31-15-7-12-23(31)21-13-14-24-25(18-21)35-17-16-34-24)19-36-28-30-29-27(20-8-3-1-4-9-20)32(28)22-10-5-2-6-11-22/h1-6,8-11,13-14,18,23H,7,12,15-17,19H2. The number of benzene rings is 3. The summed E-state index contributed by atoms with van der Waals surface area (Å²) in [6.45, 7) is 1.86. The van der Waals surface area contributed by atoms with Crippen LogP contribution < -0.4 is 9.47 Å². The molecular formula is C28H26N4O3S. The van der Waals surface area contributed by atoms with Gasteiger partial charge in [-0.1, -0.05) is 66.4 Å². The third-order valence-electron chi connectivity index (χ3n) is 6.53. The molecule has 182 valence electrons. The highest BCUT2D eigenvalue weighted by Crippen LogP contribution is 2.38. The lowest BCUT2D eigenvalue weighted by Crippen LogP contribution is -2.32. The second-order valence-electron chi connectivity index (χ2n) is 8.78. The fourth-order valence-corrected chi connectivity index (χ4v) is 5.67. The van der Waals surface area contributed by atoms with Crippen LogP contribution in [-0.4, -0.2) is 51.1 Å². The first-order valence-electron chi connectivity index (χ1n) is 12.2. The number of hydrogen-bond donors (Lipinski definition) is 0. The zero-order valence-corrected chi connectivity index (χ0v) is 20.6. The van der Waals surface area contributed by atoms with E-state index in [2.05, 4.69) is 16.3 Å². The van der Waals surface area contributed by atoms with Crippen LogP contribution in [0.1, 0.15) is 24.4 Å². The zero-order valence-electron chi connectivity index (χ0n) is 19.7. The minimum absolute atomic E-state index is 0.0424. The molecule has 1 atom stereocenters. The van der Waals surface area contributed by atoms with Gasteiger partial charge in [-0.25, -0.2) is 0 Å². The van der Waals surface area contributed by atoms with Crippen molar-refractivity contribution in [2.45, 2.75) is 24.0 Å². The van der Waals surface area contributed by atoms with Crippen molar-refractivity contribution in [2.24, 2.45) is 0 Å². The molecule has 1 unspecified atom stereocenters. The van der Waals surface area contributed by atoms with Crippen molar-refractivity contribution in [3.05, 3.63) is 84.4 Å². The number of thioether (sulfide) groups is 1. The highest BCUT2D eigenvalue weighted by atomic mass is 32.2. The molecule has 0 bridgehead atoms. The van der Waals surface area contributed by atoms with Crippen molar-refractivity contribution in [3.63, 3.8) is 0 Å². The Morgan fingerprint density at radius 2 is 1.67 bits per heavy atom. The van der Waals surface area contributed by atoms with Gasteiger partial charge in [-0.15, -0.1) is 10.2 Å². The van der Waals surface area contributed by atoms with Crippen LogP contribution in [0, 0.1) is 0 Å². The maximum absolute atomic E-state index is 13.4. The summed E-state index contributed by atoms with van der Waals surface area (Å²) in [7, 11) is 0. The molecule has 0 aliphatic carbocycles. The Kier molecular flexibility index (Phi) is 6.34. The average Bonchev–Trinajstić information content (AvgIpc) is 3.60. The number of fused-ring (bicyclic) bond motifs is 1. The summed E-state index contributed by atoms with van der Waals surface area (Å²) in [5, 5.41) is 9.65. The van der Waals surface area contributed by atoms with E-state index in [1.807, 2.05) is 82.3 Å². The van der Waals surface area contributed by atoms with Gasteiger partial charge in [0.2, 0.25) is 5.91 Å². The van der Waals surface area contributed by atoms with E-state index in [-0.39, 0.29) is 11.9 Å². The van der Waals surface area contributed by atoms with E-state index in [0.29, 0.717) is 24.1 Å². The molecule has 1 aromatic heterocycles. The van der Waals surface area contributed by atoms with Gasteiger partial charge < -0.3 is 14.4 Å². The molecule has 0 saturated carbocycles. The molecule has 7 nitrogen and oxygen atoms in total. The molecule has 3 aromatic carbocycles. The van der Waals surface area contributed by atoms with Crippen molar-refractivity contribution < 1.29 is 14.3 Å². The van der Waals surface area contributed by atoms with Gasteiger partial charge in [0.1, 0.15) is 13.2 Å². The number of likely N-dealkylation sites (tertiary alicyclic amines) is 1. The predicted molar refractivity (Wildman–Crippen MR) is 139 cm³/mol. The molecule has 0 spiro atoms. The molecule has 6 rings (SSSR count). The molecule has 1 fully saturated rings. The molecule has 1 saturated heterocycles. The normalized spacial score (nSPS) is 16.8. The van der Waals surface area contributed by atoms with Crippen molar-refractivity contribution in [1.29, 1.82) is 0 Å². The van der Waals surface area contributed by atoms with E-state index < -0.39 is 0 Å². The molecule has 2 aliphatic rings. The first-order chi connectivity index (χ1) is 17.8. The number of aromatic nitrogens is 3. The largest absolute Gasteiger partial charge is 0.486 e. The van der Waals surface area contributed by atoms with Crippen LogP contribution in [0.2, 0.25) is 0 Å². The lowest BCUT2D eigenvalue weighted by Gasteiger charge is -2.26. The summed E-state index contributed by atoms with van der Waals surface area (Å²) in [5.41, 5.74) is 3.03. The highest BCUT2D eigenvalue weighted by Gasteiger charge is 2.31. The summed E-state index contributed by atoms with van der Waals surface area (Å²) in [4.78, 5) is 15.4. The zero-order chi connectivity index (χ0) is 24.3. The van der Waals surface area contributed by atoms with Gasteiger partial charge in [0.25, 0.3) is 0 Å². The van der Waals surface area contributed by atoms with Gasteiger partial charge in [0.05, 0.1) is 11.8 Å². The second-order valence-corrected chi connectivity index (χ2v) is 9.72. The second kappa shape index (κ2) is 10.1. The molecular weight excluding hydrogens is 472 g/mol. The fourth-order valence-electron chi connectivity index (χ4n) is 4.84. The summed E-state index contributed by atoms with van der Waals surface area (Å²) >= 11 is 1.43.